The molecule has 0 aliphatic carbocycles. The van der Waals surface area contributed by atoms with Crippen molar-refractivity contribution < 1.29 is 19.1 Å². The molecular weight excluding hydrogens is 456 g/mol. The smallest absolute Gasteiger partial charge is 0.254 e. The summed E-state index contributed by atoms with van der Waals surface area (Å²) < 4.78 is 5.95. The number of hydrogen-bond acceptors (Lipinski definition) is 4. The molecule has 1 atom stereocenters. The third-order valence-corrected chi connectivity index (χ3v) is 6.14. The Bertz CT molecular complexity index is 1410. The number of para-hydroxylation sites is 1. The second-order valence-corrected chi connectivity index (χ2v) is 8.66. The number of nitrogens with one attached hydrogen (secondary N) is 4. The summed E-state index contributed by atoms with van der Waals surface area (Å²) in [6.07, 6.45) is 2.38. The van der Waals surface area contributed by atoms with Gasteiger partial charge in [-0.1, -0.05) is 42.5 Å². The third kappa shape index (κ3) is 5.22. The molecule has 3 amide bonds. The lowest BCUT2D eigenvalue weighted by Gasteiger charge is -2.14. The summed E-state index contributed by atoms with van der Waals surface area (Å²) in [5.74, 6) is -0.338. The van der Waals surface area contributed by atoms with Gasteiger partial charge in [-0.15, -0.1) is 0 Å². The van der Waals surface area contributed by atoms with E-state index in [4.69, 9.17) is 4.74 Å². The molecule has 5 rings (SSSR count). The fourth-order valence-electron chi connectivity index (χ4n) is 4.24. The molecule has 0 radical (unpaired) electrons. The van der Waals surface area contributed by atoms with Crippen molar-refractivity contribution in [3.8, 4) is 5.75 Å². The van der Waals surface area contributed by atoms with E-state index in [9.17, 15) is 14.4 Å². The maximum absolute atomic E-state index is 12.5. The van der Waals surface area contributed by atoms with Gasteiger partial charge < -0.3 is 25.7 Å². The number of hydrogen-bond donors (Lipinski definition) is 4. The monoisotopic (exact) mass is 482 g/mol. The molecule has 0 bridgehead atoms. The third-order valence-electron chi connectivity index (χ3n) is 6.14. The van der Waals surface area contributed by atoms with Crippen LogP contribution in [0.1, 0.15) is 27.9 Å². The van der Waals surface area contributed by atoms with E-state index in [1.165, 1.54) is 0 Å². The summed E-state index contributed by atoms with van der Waals surface area (Å²) in [7, 11) is 0. The molecule has 8 nitrogen and oxygen atoms in total. The molecule has 0 saturated heterocycles. The van der Waals surface area contributed by atoms with Gasteiger partial charge in [0, 0.05) is 23.6 Å². The molecule has 4 N–H and O–H groups in total. The Morgan fingerprint density at radius 3 is 2.64 bits per heavy atom. The van der Waals surface area contributed by atoms with Gasteiger partial charge in [0.25, 0.3) is 5.91 Å². The second-order valence-electron chi connectivity index (χ2n) is 8.66. The molecule has 2 heterocycles. The van der Waals surface area contributed by atoms with Crippen LogP contribution in [-0.4, -0.2) is 35.3 Å². The van der Waals surface area contributed by atoms with E-state index in [1.54, 1.807) is 24.3 Å². The van der Waals surface area contributed by atoms with Gasteiger partial charge in [-0.25, -0.2) is 0 Å². The standard InChI is InChI=1S/C28H26N4O4/c33-26(15-25-28(35)31-24-9-5-4-8-21(24)27(34)32-25)29-13-12-19-16-30-23-11-10-20(14-22(19)23)36-17-18-6-2-1-3-7-18/h1-11,14,16,25,30H,12-13,15,17H2,(H,29,33)(H,31,35)(H,32,34)/t25-/m0/s1. The molecule has 0 spiro atoms. The zero-order chi connectivity index (χ0) is 24.9. The number of carbonyl (C=O) groups is 3. The summed E-state index contributed by atoms with van der Waals surface area (Å²) in [5, 5.41) is 9.24. The van der Waals surface area contributed by atoms with Gasteiger partial charge in [-0.2, -0.15) is 0 Å². The first-order valence-electron chi connectivity index (χ1n) is 11.8. The van der Waals surface area contributed by atoms with E-state index in [2.05, 4.69) is 20.9 Å². The van der Waals surface area contributed by atoms with E-state index in [-0.39, 0.29) is 18.2 Å². The number of amides is 3. The number of ether oxygens (including phenoxy) is 1. The first kappa shape index (κ1) is 23.2. The highest BCUT2D eigenvalue weighted by Gasteiger charge is 2.29. The summed E-state index contributed by atoms with van der Waals surface area (Å²) in [4.78, 5) is 40.8. The summed E-state index contributed by atoms with van der Waals surface area (Å²) in [6.45, 7) is 0.877. The molecule has 0 unspecified atom stereocenters. The zero-order valence-corrected chi connectivity index (χ0v) is 19.5. The molecule has 0 fully saturated rings. The lowest BCUT2D eigenvalue weighted by Crippen LogP contribution is -2.44. The van der Waals surface area contributed by atoms with Crippen molar-refractivity contribution in [2.75, 3.05) is 11.9 Å². The molecular formula is C28H26N4O4. The van der Waals surface area contributed by atoms with Gasteiger partial charge in [0.2, 0.25) is 11.8 Å². The van der Waals surface area contributed by atoms with Gasteiger partial charge in [-0.3, -0.25) is 14.4 Å². The van der Waals surface area contributed by atoms with Crippen molar-refractivity contribution in [3.05, 3.63) is 95.7 Å². The van der Waals surface area contributed by atoms with Crippen LogP contribution in [0.2, 0.25) is 0 Å². The molecule has 1 aliphatic heterocycles. The number of H-pyrrole nitrogens is 1. The average molecular weight is 483 g/mol. The van der Waals surface area contributed by atoms with Gasteiger partial charge in [0.15, 0.2) is 0 Å². The highest BCUT2D eigenvalue weighted by Crippen LogP contribution is 2.25. The SMILES string of the molecule is O=C(C[C@@H]1NC(=O)c2ccccc2NC1=O)NCCc1c[nH]c2ccc(OCc3ccccc3)cc12. The zero-order valence-electron chi connectivity index (χ0n) is 19.5. The fourth-order valence-corrected chi connectivity index (χ4v) is 4.24. The molecule has 1 aliphatic rings. The van der Waals surface area contributed by atoms with Crippen LogP contribution in [0.5, 0.6) is 5.75 Å². The lowest BCUT2D eigenvalue weighted by atomic mass is 10.1. The first-order chi connectivity index (χ1) is 17.6. The Morgan fingerprint density at radius 1 is 0.972 bits per heavy atom. The number of rotatable bonds is 8. The van der Waals surface area contributed by atoms with Crippen LogP contribution in [-0.2, 0) is 22.6 Å². The molecule has 36 heavy (non-hydrogen) atoms. The summed E-state index contributed by atoms with van der Waals surface area (Å²) >= 11 is 0. The van der Waals surface area contributed by atoms with Crippen molar-refractivity contribution >= 4 is 34.3 Å². The topological polar surface area (TPSA) is 112 Å². The van der Waals surface area contributed by atoms with Crippen molar-refractivity contribution in [2.24, 2.45) is 0 Å². The molecule has 182 valence electrons. The van der Waals surface area contributed by atoms with Crippen LogP contribution < -0.4 is 20.7 Å². The normalized spacial score (nSPS) is 14.9. The Morgan fingerprint density at radius 2 is 1.78 bits per heavy atom. The number of aromatic amines is 1. The van der Waals surface area contributed by atoms with E-state index in [1.807, 2.05) is 54.7 Å². The second kappa shape index (κ2) is 10.4. The average Bonchev–Trinajstić information content (AvgIpc) is 3.25. The van der Waals surface area contributed by atoms with E-state index < -0.39 is 11.9 Å². The predicted molar refractivity (Wildman–Crippen MR) is 137 cm³/mol. The van der Waals surface area contributed by atoms with Gasteiger partial charge in [0.1, 0.15) is 18.4 Å². The van der Waals surface area contributed by atoms with E-state index in [0.29, 0.717) is 30.8 Å². The molecule has 0 saturated carbocycles. The van der Waals surface area contributed by atoms with Gasteiger partial charge in [0.05, 0.1) is 17.7 Å². The Kier molecular flexibility index (Phi) is 6.66. The number of benzene rings is 3. The minimum atomic E-state index is -0.942. The molecule has 1 aromatic heterocycles. The quantitative estimate of drug-likeness (QED) is 0.308. The van der Waals surface area contributed by atoms with Crippen molar-refractivity contribution in [2.45, 2.75) is 25.5 Å². The number of carbonyl (C=O) groups excluding carboxylic acids is 3. The predicted octanol–water partition coefficient (Wildman–Crippen LogP) is 3.55. The number of aromatic nitrogens is 1. The van der Waals surface area contributed by atoms with Crippen molar-refractivity contribution in [3.63, 3.8) is 0 Å². The Hall–Kier alpha value is -4.59. The van der Waals surface area contributed by atoms with E-state index >= 15 is 0 Å². The maximum atomic E-state index is 12.5. The van der Waals surface area contributed by atoms with Crippen LogP contribution in [0, 0.1) is 0 Å². The fraction of sp³-hybridized carbons (Fsp3) is 0.179. The van der Waals surface area contributed by atoms with Crippen LogP contribution in [0.15, 0.2) is 79.0 Å². The highest BCUT2D eigenvalue weighted by molar-refractivity contribution is 6.10. The largest absolute Gasteiger partial charge is 0.489 e. The van der Waals surface area contributed by atoms with E-state index in [0.717, 1.165) is 27.8 Å². The molecule has 8 heteroatoms. The molecule has 3 aromatic carbocycles. The van der Waals surface area contributed by atoms with Gasteiger partial charge >= 0.3 is 0 Å². The Labute approximate surface area is 208 Å². The first-order valence-corrected chi connectivity index (χ1v) is 11.8. The van der Waals surface area contributed by atoms with Crippen LogP contribution in [0.25, 0.3) is 10.9 Å². The molecule has 4 aromatic rings. The summed E-state index contributed by atoms with van der Waals surface area (Å²) in [5.41, 5.74) is 3.94. The highest BCUT2D eigenvalue weighted by atomic mass is 16.5. The lowest BCUT2D eigenvalue weighted by molar-refractivity contribution is -0.125. The minimum Gasteiger partial charge on any atom is -0.489 e. The van der Waals surface area contributed by atoms with Crippen molar-refractivity contribution in [1.29, 1.82) is 0 Å². The van der Waals surface area contributed by atoms with Crippen LogP contribution >= 0.6 is 0 Å². The number of anilines is 1. The Balaban J connectivity index is 1.16. The van der Waals surface area contributed by atoms with Crippen LogP contribution in [0.3, 0.4) is 0 Å². The number of fused-ring (bicyclic) bond motifs is 2. The van der Waals surface area contributed by atoms with Gasteiger partial charge in [-0.05, 0) is 47.9 Å². The summed E-state index contributed by atoms with van der Waals surface area (Å²) in [6, 6.07) is 21.7. The van der Waals surface area contributed by atoms with Crippen LogP contribution in [0.4, 0.5) is 5.69 Å². The van der Waals surface area contributed by atoms with Crippen molar-refractivity contribution in [1.82, 2.24) is 15.6 Å². The maximum Gasteiger partial charge on any atom is 0.254 e. The minimum absolute atomic E-state index is 0.142.